The number of nitrogens with zero attached hydrogens (tertiary/aromatic N) is 1. The summed E-state index contributed by atoms with van der Waals surface area (Å²) >= 11 is 0. The maximum Gasteiger partial charge on any atom is 0.319 e. The molecule has 25 heavy (non-hydrogen) atoms. The van der Waals surface area contributed by atoms with Gasteiger partial charge in [-0.2, -0.15) is 0 Å². The number of anilines is 1. The molecule has 0 saturated carbocycles. The van der Waals surface area contributed by atoms with Gasteiger partial charge >= 0.3 is 6.03 Å². The molecule has 1 saturated heterocycles. The average molecular weight is 350 g/mol. The van der Waals surface area contributed by atoms with Gasteiger partial charge < -0.3 is 31.1 Å². The average Bonchev–Trinajstić information content (AvgIpc) is 2.56. The number of urea groups is 1. The number of carbonyl (C=O) groups excluding carboxylic acids is 2. The van der Waals surface area contributed by atoms with Crippen LogP contribution in [0, 0.1) is 0 Å². The zero-order valence-electron chi connectivity index (χ0n) is 14.6. The first-order valence-electron chi connectivity index (χ1n) is 8.35. The molecule has 2 atom stereocenters. The van der Waals surface area contributed by atoms with Crippen LogP contribution in [-0.4, -0.2) is 60.3 Å². The fourth-order valence-corrected chi connectivity index (χ4v) is 2.83. The maximum atomic E-state index is 12.0. The van der Waals surface area contributed by atoms with Gasteiger partial charge in [-0.1, -0.05) is 12.1 Å². The first-order chi connectivity index (χ1) is 12.0. The van der Waals surface area contributed by atoms with Crippen molar-refractivity contribution in [2.75, 3.05) is 31.6 Å². The lowest BCUT2D eigenvalue weighted by Crippen LogP contribution is -2.54. The van der Waals surface area contributed by atoms with Crippen molar-refractivity contribution in [1.82, 2.24) is 10.2 Å². The first kappa shape index (κ1) is 19.2. The molecule has 0 aromatic heterocycles. The molecule has 0 spiro atoms. The molecule has 1 aromatic carbocycles. The molecule has 8 nitrogen and oxygen atoms in total. The number of aliphatic hydroxyl groups is 1. The second kappa shape index (κ2) is 8.80. The highest BCUT2D eigenvalue weighted by molar-refractivity contribution is 5.89. The molecule has 8 heteroatoms. The number of ether oxygens (including phenoxy) is 1. The van der Waals surface area contributed by atoms with E-state index in [1.807, 2.05) is 26.0 Å². The highest BCUT2D eigenvalue weighted by Crippen LogP contribution is 2.29. The zero-order valence-corrected chi connectivity index (χ0v) is 14.6. The Kier molecular flexibility index (Phi) is 6.74. The summed E-state index contributed by atoms with van der Waals surface area (Å²) in [5.41, 5.74) is 7.03. The summed E-state index contributed by atoms with van der Waals surface area (Å²) in [5.74, 6) is -0.176. The third-order valence-electron chi connectivity index (χ3n) is 3.93. The van der Waals surface area contributed by atoms with Crippen molar-refractivity contribution in [3.05, 3.63) is 29.8 Å². The van der Waals surface area contributed by atoms with Gasteiger partial charge in [0.25, 0.3) is 0 Å². The lowest BCUT2D eigenvalue weighted by molar-refractivity contribution is -0.160. The highest BCUT2D eigenvalue weighted by Gasteiger charge is 2.36. The normalized spacial score (nSPS) is 20.7. The summed E-state index contributed by atoms with van der Waals surface area (Å²) in [6, 6.07) is 6.44. The van der Waals surface area contributed by atoms with E-state index in [0.717, 1.165) is 5.56 Å². The number of aliphatic hydroxyl groups excluding tert-OH is 1. The quantitative estimate of drug-likeness (QED) is 0.594. The van der Waals surface area contributed by atoms with E-state index < -0.39 is 12.1 Å². The van der Waals surface area contributed by atoms with Crippen molar-refractivity contribution in [2.45, 2.75) is 32.0 Å². The van der Waals surface area contributed by atoms with Crippen molar-refractivity contribution >= 4 is 17.6 Å². The summed E-state index contributed by atoms with van der Waals surface area (Å²) in [4.78, 5) is 25.3. The standard InChI is InChI=1S/C17H26N4O4/c1-11(2)19-17(24)20-13-5-3-12(4-6-13)16-14(9-22)21(8-7-18)15(23)10-25-16/h3-6,11,14,16,22H,7-10,18H2,1-2H3,(H2,19,20,24). The van der Waals surface area contributed by atoms with Gasteiger partial charge in [0.15, 0.2) is 0 Å². The van der Waals surface area contributed by atoms with Gasteiger partial charge in [0, 0.05) is 24.8 Å². The fourth-order valence-electron chi connectivity index (χ4n) is 2.83. The third kappa shape index (κ3) is 4.91. The third-order valence-corrected chi connectivity index (χ3v) is 3.93. The second-order valence-corrected chi connectivity index (χ2v) is 6.23. The number of amides is 3. The van der Waals surface area contributed by atoms with Crippen LogP contribution in [0.4, 0.5) is 10.5 Å². The molecule has 2 rings (SSSR count). The molecule has 1 aliphatic rings. The number of benzene rings is 1. The molecule has 1 heterocycles. The topological polar surface area (TPSA) is 117 Å². The molecule has 5 N–H and O–H groups in total. The van der Waals surface area contributed by atoms with Crippen LogP contribution in [0.2, 0.25) is 0 Å². The van der Waals surface area contributed by atoms with E-state index in [9.17, 15) is 14.7 Å². The van der Waals surface area contributed by atoms with Crippen LogP contribution in [0.15, 0.2) is 24.3 Å². The van der Waals surface area contributed by atoms with Crippen LogP contribution in [0.5, 0.6) is 0 Å². The van der Waals surface area contributed by atoms with E-state index in [4.69, 9.17) is 10.5 Å². The minimum Gasteiger partial charge on any atom is -0.394 e. The molecular formula is C17H26N4O4. The molecule has 3 amide bonds. The predicted octanol–water partition coefficient (Wildman–Crippen LogP) is 0.436. The summed E-state index contributed by atoms with van der Waals surface area (Å²) in [7, 11) is 0. The SMILES string of the molecule is CC(C)NC(=O)Nc1ccc(C2OCC(=O)N(CCN)C2CO)cc1. The van der Waals surface area contributed by atoms with Crippen LogP contribution in [0.3, 0.4) is 0 Å². The van der Waals surface area contributed by atoms with E-state index in [-0.39, 0.29) is 31.2 Å². The number of nitrogens with one attached hydrogen (secondary N) is 2. The Morgan fingerprint density at radius 1 is 1.40 bits per heavy atom. The molecular weight excluding hydrogens is 324 g/mol. The number of carbonyl (C=O) groups is 2. The van der Waals surface area contributed by atoms with Crippen molar-refractivity contribution in [1.29, 1.82) is 0 Å². The summed E-state index contributed by atoms with van der Waals surface area (Å²) in [5, 5.41) is 15.2. The molecule has 0 bridgehead atoms. The predicted molar refractivity (Wildman–Crippen MR) is 94.1 cm³/mol. The Bertz CT molecular complexity index is 591. The van der Waals surface area contributed by atoms with Gasteiger partial charge in [0.1, 0.15) is 12.7 Å². The van der Waals surface area contributed by atoms with Crippen LogP contribution in [0.25, 0.3) is 0 Å². The van der Waals surface area contributed by atoms with Crippen molar-refractivity contribution < 1.29 is 19.4 Å². The Balaban J connectivity index is 2.09. The van der Waals surface area contributed by atoms with E-state index in [0.29, 0.717) is 18.8 Å². The van der Waals surface area contributed by atoms with Gasteiger partial charge in [-0.05, 0) is 31.5 Å². The largest absolute Gasteiger partial charge is 0.394 e. The van der Waals surface area contributed by atoms with Gasteiger partial charge in [0.05, 0.1) is 12.6 Å². The minimum atomic E-state index is -0.479. The van der Waals surface area contributed by atoms with Crippen LogP contribution >= 0.6 is 0 Å². The van der Waals surface area contributed by atoms with E-state index >= 15 is 0 Å². The van der Waals surface area contributed by atoms with E-state index in [1.54, 1.807) is 17.0 Å². The molecule has 138 valence electrons. The van der Waals surface area contributed by atoms with Crippen LogP contribution in [0.1, 0.15) is 25.5 Å². The number of rotatable bonds is 6. The van der Waals surface area contributed by atoms with Gasteiger partial charge in [-0.3, -0.25) is 4.79 Å². The van der Waals surface area contributed by atoms with Crippen molar-refractivity contribution in [3.8, 4) is 0 Å². The fraction of sp³-hybridized carbons (Fsp3) is 0.529. The molecule has 1 aliphatic heterocycles. The number of morpholine rings is 1. The zero-order chi connectivity index (χ0) is 18.4. The Morgan fingerprint density at radius 3 is 2.64 bits per heavy atom. The Labute approximate surface area is 147 Å². The van der Waals surface area contributed by atoms with Crippen molar-refractivity contribution in [3.63, 3.8) is 0 Å². The second-order valence-electron chi connectivity index (χ2n) is 6.23. The first-order valence-corrected chi connectivity index (χ1v) is 8.35. The minimum absolute atomic E-state index is 0.0437. The molecule has 0 radical (unpaired) electrons. The van der Waals surface area contributed by atoms with Crippen LogP contribution < -0.4 is 16.4 Å². The van der Waals surface area contributed by atoms with Gasteiger partial charge in [0.2, 0.25) is 5.91 Å². The smallest absolute Gasteiger partial charge is 0.319 e. The molecule has 1 fully saturated rings. The lowest BCUT2D eigenvalue weighted by atomic mass is 9.99. The molecule has 1 aromatic rings. The number of hydrogen-bond donors (Lipinski definition) is 4. The maximum absolute atomic E-state index is 12.0. The van der Waals surface area contributed by atoms with E-state index in [2.05, 4.69) is 10.6 Å². The Morgan fingerprint density at radius 2 is 2.08 bits per heavy atom. The van der Waals surface area contributed by atoms with Gasteiger partial charge in [-0.25, -0.2) is 4.79 Å². The summed E-state index contributed by atoms with van der Waals surface area (Å²) in [6.07, 6.45) is -0.437. The van der Waals surface area contributed by atoms with Gasteiger partial charge in [-0.15, -0.1) is 0 Å². The van der Waals surface area contributed by atoms with Crippen LogP contribution in [-0.2, 0) is 9.53 Å². The summed E-state index contributed by atoms with van der Waals surface area (Å²) in [6.45, 7) is 4.20. The molecule has 0 aliphatic carbocycles. The summed E-state index contributed by atoms with van der Waals surface area (Å²) < 4.78 is 5.64. The number of hydrogen-bond acceptors (Lipinski definition) is 5. The monoisotopic (exact) mass is 350 g/mol. The van der Waals surface area contributed by atoms with E-state index in [1.165, 1.54) is 0 Å². The highest BCUT2D eigenvalue weighted by atomic mass is 16.5. The van der Waals surface area contributed by atoms with Crippen molar-refractivity contribution in [2.24, 2.45) is 5.73 Å². The lowest BCUT2D eigenvalue weighted by Gasteiger charge is -2.40. The number of nitrogens with two attached hydrogens (primary N) is 1. The Hall–Kier alpha value is -2.16. The molecule has 2 unspecified atom stereocenters.